The molecule has 2 heteroatoms. The van der Waals surface area contributed by atoms with E-state index in [2.05, 4.69) is 51.0 Å². The van der Waals surface area contributed by atoms with Gasteiger partial charge in [-0.25, -0.2) is 0 Å². The van der Waals surface area contributed by atoms with Crippen LogP contribution in [0.1, 0.15) is 46.1 Å². The average molecular weight is 220 g/mol. The Labute approximate surface area is 99.5 Å². The van der Waals surface area contributed by atoms with Gasteiger partial charge in [-0.15, -0.1) is 0 Å². The molecule has 2 nitrogen and oxygen atoms in total. The largest absolute Gasteiger partial charge is 0.312 e. The second kappa shape index (κ2) is 5.44. The molecule has 1 heterocycles. The van der Waals surface area contributed by atoms with Crippen LogP contribution in [-0.2, 0) is 0 Å². The minimum Gasteiger partial charge on any atom is -0.312 e. The van der Waals surface area contributed by atoms with Gasteiger partial charge in [0.25, 0.3) is 0 Å². The van der Waals surface area contributed by atoms with E-state index >= 15 is 0 Å². The third-order valence-corrected chi connectivity index (χ3v) is 3.02. The molecule has 0 aromatic carbocycles. The zero-order valence-corrected chi connectivity index (χ0v) is 11.1. The molecule has 2 unspecified atom stereocenters. The van der Waals surface area contributed by atoms with E-state index in [1.54, 1.807) is 0 Å². The van der Waals surface area contributed by atoms with Gasteiger partial charge in [-0.2, -0.15) is 0 Å². The number of nitrogens with zero attached hydrogens (tertiary/aromatic N) is 1. The standard InChI is InChI=1S/C14H24N2/c1-11(9-16-14(3,4)5)12(2)13-7-6-8-15-10-13/h6-8,10-12,16H,9H2,1-5H3. The number of hydrogen-bond donors (Lipinski definition) is 1. The summed E-state index contributed by atoms with van der Waals surface area (Å²) < 4.78 is 0. The molecule has 16 heavy (non-hydrogen) atoms. The van der Waals surface area contributed by atoms with E-state index < -0.39 is 0 Å². The van der Waals surface area contributed by atoms with Gasteiger partial charge in [0.2, 0.25) is 0 Å². The van der Waals surface area contributed by atoms with Crippen molar-refractivity contribution in [2.75, 3.05) is 6.54 Å². The molecule has 0 aliphatic rings. The van der Waals surface area contributed by atoms with Crippen molar-refractivity contribution in [2.45, 2.75) is 46.1 Å². The van der Waals surface area contributed by atoms with Gasteiger partial charge in [-0.3, -0.25) is 4.98 Å². The summed E-state index contributed by atoms with van der Waals surface area (Å²) in [5, 5.41) is 3.55. The van der Waals surface area contributed by atoms with Crippen LogP contribution in [0, 0.1) is 5.92 Å². The minimum absolute atomic E-state index is 0.197. The Morgan fingerprint density at radius 2 is 2.00 bits per heavy atom. The fraction of sp³-hybridized carbons (Fsp3) is 0.643. The Kier molecular flexibility index (Phi) is 4.48. The summed E-state index contributed by atoms with van der Waals surface area (Å²) >= 11 is 0. The Bertz CT molecular complexity index is 300. The summed E-state index contributed by atoms with van der Waals surface area (Å²) in [4.78, 5) is 4.18. The lowest BCUT2D eigenvalue weighted by atomic mass is 9.89. The van der Waals surface area contributed by atoms with Crippen LogP contribution in [0.25, 0.3) is 0 Å². The highest BCUT2D eigenvalue weighted by Crippen LogP contribution is 2.22. The van der Waals surface area contributed by atoms with Gasteiger partial charge in [0.15, 0.2) is 0 Å². The van der Waals surface area contributed by atoms with Crippen molar-refractivity contribution in [2.24, 2.45) is 5.92 Å². The van der Waals surface area contributed by atoms with Crippen LogP contribution in [-0.4, -0.2) is 17.1 Å². The van der Waals surface area contributed by atoms with Crippen LogP contribution in [0.4, 0.5) is 0 Å². The topological polar surface area (TPSA) is 24.9 Å². The first-order chi connectivity index (χ1) is 7.40. The van der Waals surface area contributed by atoms with Gasteiger partial charge in [0, 0.05) is 17.9 Å². The first kappa shape index (κ1) is 13.2. The summed E-state index contributed by atoms with van der Waals surface area (Å²) in [5.74, 6) is 1.16. The van der Waals surface area contributed by atoms with Crippen LogP contribution in [0.3, 0.4) is 0 Å². The van der Waals surface area contributed by atoms with Crippen molar-refractivity contribution < 1.29 is 0 Å². The van der Waals surface area contributed by atoms with Gasteiger partial charge in [-0.05, 0) is 50.8 Å². The minimum atomic E-state index is 0.197. The SMILES string of the molecule is CC(CNC(C)(C)C)C(C)c1cccnc1. The molecule has 0 saturated carbocycles. The van der Waals surface area contributed by atoms with E-state index in [9.17, 15) is 0 Å². The zero-order valence-electron chi connectivity index (χ0n) is 11.1. The highest BCUT2D eigenvalue weighted by atomic mass is 14.9. The highest BCUT2D eigenvalue weighted by Gasteiger charge is 2.17. The van der Waals surface area contributed by atoms with Gasteiger partial charge < -0.3 is 5.32 Å². The summed E-state index contributed by atoms with van der Waals surface area (Å²) in [7, 11) is 0. The highest BCUT2D eigenvalue weighted by molar-refractivity contribution is 5.14. The molecule has 1 rings (SSSR count). The van der Waals surface area contributed by atoms with Crippen molar-refractivity contribution >= 4 is 0 Å². The zero-order chi connectivity index (χ0) is 12.2. The molecule has 1 N–H and O–H groups in total. The van der Waals surface area contributed by atoms with Crippen LogP contribution < -0.4 is 5.32 Å². The third-order valence-electron chi connectivity index (χ3n) is 3.02. The summed E-state index contributed by atoms with van der Waals surface area (Å²) in [6.07, 6.45) is 3.80. The number of nitrogens with one attached hydrogen (secondary N) is 1. The monoisotopic (exact) mass is 220 g/mol. The average Bonchev–Trinajstić information content (AvgIpc) is 2.25. The Morgan fingerprint density at radius 1 is 1.31 bits per heavy atom. The summed E-state index contributed by atoms with van der Waals surface area (Å²) in [6.45, 7) is 12.2. The fourth-order valence-corrected chi connectivity index (χ4v) is 1.62. The van der Waals surface area contributed by atoms with E-state index in [1.165, 1.54) is 5.56 Å². The lowest BCUT2D eigenvalue weighted by molar-refractivity contribution is 0.359. The lowest BCUT2D eigenvalue weighted by Gasteiger charge is -2.26. The predicted molar refractivity (Wildman–Crippen MR) is 69.6 cm³/mol. The van der Waals surface area contributed by atoms with E-state index in [0.717, 1.165) is 6.54 Å². The van der Waals surface area contributed by atoms with E-state index in [4.69, 9.17) is 0 Å². The molecule has 1 aromatic heterocycles. The van der Waals surface area contributed by atoms with E-state index in [1.807, 2.05) is 18.5 Å². The summed E-state index contributed by atoms with van der Waals surface area (Å²) in [6, 6.07) is 4.17. The molecule has 90 valence electrons. The number of pyridine rings is 1. The molecular weight excluding hydrogens is 196 g/mol. The smallest absolute Gasteiger partial charge is 0.0302 e. The van der Waals surface area contributed by atoms with E-state index in [-0.39, 0.29) is 5.54 Å². The Morgan fingerprint density at radius 3 is 2.50 bits per heavy atom. The molecule has 1 aromatic rings. The molecule has 0 amide bonds. The Hall–Kier alpha value is -0.890. The maximum absolute atomic E-state index is 4.18. The van der Waals surface area contributed by atoms with Crippen molar-refractivity contribution in [1.29, 1.82) is 0 Å². The fourth-order valence-electron chi connectivity index (χ4n) is 1.62. The van der Waals surface area contributed by atoms with Gasteiger partial charge >= 0.3 is 0 Å². The number of rotatable bonds is 4. The number of hydrogen-bond acceptors (Lipinski definition) is 2. The molecule has 2 atom stereocenters. The molecule has 0 saturated heterocycles. The molecule has 0 aliphatic carbocycles. The van der Waals surface area contributed by atoms with Crippen LogP contribution in [0.5, 0.6) is 0 Å². The van der Waals surface area contributed by atoms with Crippen LogP contribution in [0.2, 0.25) is 0 Å². The second-order valence-corrected chi connectivity index (χ2v) is 5.68. The van der Waals surface area contributed by atoms with Gasteiger partial charge in [0.05, 0.1) is 0 Å². The first-order valence-electron chi connectivity index (χ1n) is 6.05. The summed E-state index contributed by atoms with van der Waals surface area (Å²) in [5.41, 5.74) is 1.52. The van der Waals surface area contributed by atoms with Crippen LogP contribution in [0.15, 0.2) is 24.5 Å². The molecule has 0 fully saturated rings. The first-order valence-corrected chi connectivity index (χ1v) is 6.05. The maximum Gasteiger partial charge on any atom is 0.0302 e. The molecule has 0 spiro atoms. The Balaban J connectivity index is 2.52. The molecular formula is C14H24N2. The molecule has 0 radical (unpaired) electrons. The van der Waals surface area contributed by atoms with Gasteiger partial charge in [-0.1, -0.05) is 19.9 Å². The van der Waals surface area contributed by atoms with Crippen molar-refractivity contribution in [3.05, 3.63) is 30.1 Å². The van der Waals surface area contributed by atoms with Crippen molar-refractivity contribution in [1.82, 2.24) is 10.3 Å². The third kappa shape index (κ3) is 4.31. The predicted octanol–water partition coefficient (Wildman–Crippen LogP) is 3.21. The molecule has 0 aliphatic heterocycles. The van der Waals surface area contributed by atoms with E-state index in [0.29, 0.717) is 11.8 Å². The normalized spacial score (nSPS) is 15.8. The van der Waals surface area contributed by atoms with Crippen LogP contribution >= 0.6 is 0 Å². The van der Waals surface area contributed by atoms with Gasteiger partial charge in [0.1, 0.15) is 0 Å². The van der Waals surface area contributed by atoms with Crippen molar-refractivity contribution in [3.63, 3.8) is 0 Å². The van der Waals surface area contributed by atoms with Crippen molar-refractivity contribution in [3.8, 4) is 0 Å². The second-order valence-electron chi connectivity index (χ2n) is 5.68. The maximum atomic E-state index is 4.18. The quantitative estimate of drug-likeness (QED) is 0.843. The lowest BCUT2D eigenvalue weighted by Crippen LogP contribution is -2.39. The molecule has 0 bridgehead atoms. The number of aromatic nitrogens is 1.